The highest BCUT2D eigenvalue weighted by molar-refractivity contribution is 7.14. The van der Waals surface area contributed by atoms with Crippen LogP contribution in [-0.4, -0.2) is 36.6 Å². The molecule has 1 aromatic heterocycles. The van der Waals surface area contributed by atoms with Crippen LogP contribution in [0.3, 0.4) is 0 Å². The molecule has 7 nitrogen and oxygen atoms in total. The standard InChI is InChI=1S/C19H25N5O2S/c1-2-20-19(21-14-15-5-3-6-17(13-15)24(25)26)22-16-8-10-23(11-9-16)18-7-4-12-27-18/h3-7,12-13,16H,2,8-11,14H2,1H3,(H2,20,21,22). The van der Waals surface area contributed by atoms with Gasteiger partial charge in [0.15, 0.2) is 5.96 Å². The van der Waals surface area contributed by atoms with Crippen LogP contribution in [0.5, 0.6) is 0 Å². The summed E-state index contributed by atoms with van der Waals surface area (Å²) in [5, 5.41) is 21.1. The number of piperidine rings is 1. The zero-order valence-corrected chi connectivity index (χ0v) is 16.2. The Labute approximate surface area is 163 Å². The fourth-order valence-corrected chi connectivity index (χ4v) is 3.93. The minimum Gasteiger partial charge on any atom is -0.363 e. The van der Waals surface area contributed by atoms with Crippen LogP contribution in [0.15, 0.2) is 46.8 Å². The summed E-state index contributed by atoms with van der Waals surface area (Å²) in [6.45, 7) is 5.27. The van der Waals surface area contributed by atoms with Gasteiger partial charge >= 0.3 is 0 Å². The molecule has 2 aromatic rings. The second-order valence-electron chi connectivity index (χ2n) is 6.48. The van der Waals surface area contributed by atoms with Crippen LogP contribution in [0.1, 0.15) is 25.3 Å². The minimum atomic E-state index is -0.377. The third-order valence-corrected chi connectivity index (χ3v) is 5.47. The second-order valence-corrected chi connectivity index (χ2v) is 7.41. The van der Waals surface area contributed by atoms with Crippen molar-refractivity contribution in [1.82, 2.24) is 10.6 Å². The molecule has 1 saturated heterocycles. The molecule has 3 rings (SSSR count). The average Bonchev–Trinajstić information content (AvgIpc) is 3.22. The number of benzene rings is 1. The Hall–Kier alpha value is -2.61. The summed E-state index contributed by atoms with van der Waals surface area (Å²) in [5.41, 5.74) is 0.926. The molecular weight excluding hydrogens is 362 g/mol. The van der Waals surface area contributed by atoms with Crippen molar-refractivity contribution in [1.29, 1.82) is 0 Å². The topological polar surface area (TPSA) is 82.8 Å². The van der Waals surface area contributed by atoms with Gasteiger partial charge in [-0.2, -0.15) is 0 Å². The molecule has 144 valence electrons. The van der Waals surface area contributed by atoms with E-state index in [1.807, 2.05) is 13.0 Å². The van der Waals surface area contributed by atoms with Gasteiger partial charge in [-0.25, -0.2) is 4.99 Å². The van der Waals surface area contributed by atoms with E-state index in [1.165, 1.54) is 11.1 Å². The zero-order valence-electron chi connectivity index (χ0n) is 15.4. The monoisotopic (exact) mass is 387 g/mol. The van der Waals surface area contributed by atoms with Crippen molar-refractivity contribution in [2.45, 2.75) is 32.4 Å². The van der Waals surface area contributed by atoms with Crippen LogP contribution < -0.4 is 15.5 Å². The maximum atomic E-state index is 10.9. The highest BCUT2D eigenvalue weighted by Gasteiger charge is 2.20. The number of hydrogen-bond donors (Lipinski definition) is 2. The van der Waals surface area contributed by atoms with Crippen molar-refractivity contribution < 1.29 is 4.92 Å². The number of nitro groups is 1. The van der Waals surface area contributed by atoms with Gasteiger partial charge in [-0.15, -0.1) is 11.3 Å². The maximum absolute atomic E-state index is 10.9. The van der Waals surface area contributed by atoms with E-state index in [9.17, 15) is 10.1 Å². The van der Waals surface area contributed by atoms with Crippen LogP contribution in [-0.2, 0) is 6.54 Å². The molecule has 0 amide bonds. The smallest absolute Gasteiger partial charge is 0.269 e. The fourth-order valence-electron chi connectivity index (χ4n) is 3.15. The van der Waals surface area contributed by atoms with Gasteiger partial charge < -0.3 is 15.5 Å². The minimum absolute atomic E-state index is 0.0987. The second kappa shape index (κ2) is 9.36. The molecule has 0 aliphatic carbocycles. The van der Waals surface area contributed by atoms with Crippen LogP contribution in [0.2, 0.25) is 0 Å². The van der Waals surface area contributed by atoms with Gasteiger partial charge in [0.05, 0.1) is 16.5 Å². The lowest BCUT2D eigenvalue weighted by Crippen LogP contribution is -2.48. The predicted molar refractivity (Wildman–Crippen MR) is 111 cm³/mol. The third kappa shape index (κ3) is 5.43. The van der Waals surface area contributed by atoms with Crippen molar-refractivity contribution >= 4 is 28.0 Å². The van der Waals surface area contributed by atoms with Crippen molar-refractivity contribution in [2.75, 3.05) is 24.5 Å². The Morgan fingerprint density at radius 1 is 1.33 bits per heavy atom. The summed E-state index contributed by atoms with van der Waals surface area (Å²) in [6.07, 6.45) is 2.11. The van der Waals surface area contributed by atoms with Crippen molar-refractivity contribution in [3.05, 3.63) is 57.5 Å². The molecule has 2 heterocycles. The molecule has 0 radical (unpaired) electrons. The first-order valence-electron chi connectivity index (χ1n) is 9.22. The number of hydrogen-bond acceptors (Lipinski definition) is 5. The SMILES string of the molecule is CCNC(=NCc1cccc([N+](=O)[O-])c1)NC1CCN(c2cccs2)CC1. The molecular formula is C19H25N5O2S. The van der Waals surface area contributed by atoms with Gasteiger partial charge in [0, 0.05) is 37.8 Å². The van der Waals surface area contributed by atoms with E-state index in [4.69, 9.17) is 0 Å². The Bertz CT molecular complexity index is 770. The molecule has 1 aromatic carbocycles. The van der Waals surface area contributed by atoms with Gasteiger partial charge in [0.25, 0.3) is 5.69 Å². The first kappa shape index (κ1) is 19.2. The summed E-state index contributed by atoms with van der Waals surface area (Å²) in [4.78, 5) is 17.6. The number of non-ortho nitro benzene ring substituents is 1. The molecule has 0 spiro atoms. The fraction of sp³-hybridized carbons (Fsp3) is 0.421. The van der Waals surface area contributed by atoms with Crippen LogP contribution >= 0.6 is 11.3 Å². The van der Waals surface area contributed by atoms with Crippen LogP contribution in [0.25, 0.3) is 0 Å². The quantitative estimate of drug-likeness (QED) is 0.344. The number of anilines is 1. The summed E-state index contributed by atoms with van der Waals surface area (Å²) < 4.78 is 0. The van der Waals surface area contributed by atoms with E-state index >= 15 is 0 Å². The molecule has 1 fully saturated rings. The Morgan fingerprint density at radius 2 is 2.15 bits per heavy atom. The molecule has 0 atom stereocenters. The molecule has 1 aliphatic rings. The third-order valence-electron chi connectivity index (χ3n) is 4.54. The van der Waals surface area contributed by atoms with Gasteiger partial charge in [-0.1, -0.05) is 12.1 Å². The van der Waals surface area contributed by atoms with E-state index in [0.29, 0.717) is 12.6 Å². The number of rotatable bonds is 6. The normalized spacial score (nSPS) is 15.6. The highest BCUT2D eigenvalue weighted by atomic mass is 32.1. The number of guanidine groups is 1. The largest absolute Gasteiger partial charge is 0.363 e. The number of aliphatic imine (C=N–C) groups is 1. The number of thiophene rings is 1. The number of nitrogens with one attached hydrogen (secondary N) is 2. The maximum Gasteiger partial charge on any atom is 0.269 e. The van der Waals surface area contributed by atoms with E-state index in [2.05, 4.69) is 38.0 Å². The molecule has 8 heteroatoms. The first-order chi connectivity index (χ1) is 13.2. The van der Waals surface area contributed by atoms with E-state index in [0.717, 1.165) is 44.0 Å². The van der Waals surface area contributed by atoms with E-state index in [-0.39, 0.29) is 10.6 Å². The molecule has 0 saturated carbocycles. The van der Waals surface area contributed by atoms with Gasteiger partial charge in [0.2, 0.25) is 0 Å². The Balaban J connectivity index is 1.56. The van der Waals surface area contributed by atoms with Crippen molar-refractivity contribution in [2.24, 2.45) is 4.99 Å². The summed E-state index contributed by atoms with van der Waals surface area (Å²) in [7, 11) is 0. The highest BCUT2D eigenvalue weighted by Crippen LogP contribution is 2.24. The number of nitro benzene ring substituents is 1. The summed E-state index contributed by atoms with van der Waals surface area (Å²) in [5.74, 6) is 0.763. The van der Waals surface area contributed by atoms with Crippen molar-refractivity contribution in [3.63, 3.8) is 0 Å². The van der Waals surface area contributed by atoms with E-state index < -0.39 is 0 Å². The molecule has 0 bridgehead atoms. The van der Waals surface area contributed by atoms with Crippen molar-refractivity contribution in [3.8, 4) is 0 Å². The zero-order chi connectivity index (χ0) is 19.1. The lowest BCUT2D eigenvalue weighted by atomic mass is 10.1. The molecule has 1 aliphatic heterocycles. The average molecular weight is 388 g/mol. The van der Waals surface area contributed by atoms with Crippen LogP contribution in [0.4, 0.5) is 10.7 Å². The predicted octanol–water partition coefficient (Wildman–Crippen LogP) is 3.38. The summed E-state index contributed by atoms with van der Waals surface area (Å²) >= 11 is 1.78. The van der Waals surface area contributed by atoms with E-state index in [1.54, 1.807) is 23.5 Å². The molecule has 2 N–H and O–H groups in total. The summed E-state index contributed by atoms with van der Waals surface area (Å²) in [6, 6.07) is 11.3. The Morgan fingerprint density at radius 3 is 2.81 bits per heavy atom. The number of nitrogens with zero attached hydrogens (tertiary/aromatic N) is 3. The van der Waals surface area contributed by atoms with Gasteiger partial charge in [0.1, 0.15) is 0 Å². The lowest BCUT2D eigenvalue weighted by Gasteiger charge is -2.33. The van der Waals surface area contributed by atoms with Gasteiger partial charge in [-0.05, 0) is 42.8 Å². The molecule has 0 unspecified atom stereocenters. The Kier molecular flexibility index (Phi) is 6.64. The molecule has 27 heavy (non-hydrogen) atoms. The van der Waals surface area contributed by atoms with Gasteiger partial charge in [-0.3, -0.25) is 10.1 Å². The lowest BCUT2D eigenvalue weighted by molar-refractivity contribution is -0.384. The first-order valence-corrected chi connectivity index (χ1v) is 10.1. The van der Waals surface area contributed by atoms with Crippen LogP contribution in [0, 0.1) is 10.1 Å².